The Morgan fingerprint density at radius 1 is 1.08 bits per heavy atom. The summed E-state index contributed by atoms with van der Waals surface area (Å²) in [5.74, 6) is -2.78. The number of halogens is 3. The molecule has 0 radical (unpaired) electrons. The van der Waals surface area contributed by atoms with Crippen LogP contribution in [0.5, 0.6) is 0 Å². The maximum atomic E-state index is 13.8. The van der Waals surface area contributed by atoms with Gasteiger partial charge < -0.3 is 10.2 Å². The van der Waals surface area contributed by atoms with Gasteiger partial charge in [-0.2, -0.15) is 0 Å². The molecule has 0 saturated heterocycles. The summed E-state index contributed by atoms with van der Waals surface area (Å²) < 4.78 is 53.6. The molecule has 1 N–H and O–H groups in total. The molecular weight excluding hydrogens is 580 g/mol. The Morgan fingerprint density at radius 2 is 1.79 bits per heavy atom. The standard InChI is InChI=1S/C27H34BrF2N3O4S/c1-19(27(35)31-22-10-4-3-5-11-22)32(18-20-8-6-9-21(28)16-20)26(34)12-7-15-33(38(2,36)37)23-13-14-24(29)25(30)17-23/h6,8-9,13-14,16-17,19,22H,3-5,7,10-12,15,18H2,1-2H3,(H,31,35)/t19-/m0/s1. The van der Waals surface area contributed by atoms with Crippen molar-refractivity contribution in [2.24, 2.45) is 0 Å². The molecule has 0 heterocycles. The van der Waals surface area contributed by atoms with E-state index in [9.17, 15) is 26.8 Å². The van der Waals surface area contributed by atoms with E-state index < -0.39 is 27.7 Å². The second kappa shape index (κ2) is 13.5. The predicted octanol–water partition coefficient (Wildman–Crippen LogP) is 5.14. The number of hydrogen-bond acceptors (Lipinski definition) is 4. The lowest BCUT2D eigenvalue weighted by atomic mass is 9.95. The van der Waals surface area contributed by atoms with Crippen molar-refractivity contribution in [3.8, 4) is 0 Å². The fourth-order valence-electron chi connectivity index (χ4n) is 4.63. The van der Waals surface area contributed by atoms with Gasteiger partial charge in [0.15, 0.2) is 11.6 Å². The number of amides is 2. The van der Waals surface area contributed by atoms with Crippen LogP contribution in [0.2, 0.25) is 0 Å². The fourth-order valence-corrected chi connectivity index (χ4v) is 6.03. The summed E-state index contributed by atoms with van der Waals surface area (Å²) in [5.41, 5.74) is 0.814. The first-order chi connectivity index (χ1) is 18.0. The van der Waals surface area contributed by atoms with Gasteiger partial charge in [-0.3, -0.25) is 13.9 Å². The molecule has 0 aliphatic heterocycles. The lowest BCUT2D eigenvalue weighted by molar-refractivity contribution is -0.141. The first kappa shape index (κ1) is 30.0. The first-order valence-electron chi connectivity index (χ1n) is 12.7. The highest BCUT2D eigenvalue weighted by atomic mass is 79.9. The van der Waals surface area contributed by atoms with E-state index in [0.29, 0.717) is 0 Å². The van der Waals surface area contributed by atoms with E-state index in [1.165, 1.54) is 11.0 Å². The van der Waals surface area contributed by atoms with Crippen molar-refractivity contribution in [2.45, 2.75) is 70.5 Å². The molecule has 0 bridgehead atoms. The monoisotopic (exact) mass is 613 g/mol. The number of nitrogens with one attached hydrogen (secondary N) is 1. The summed E-state index contributed by atoms with van der Waals surface area (Å²) in [6.07, 6.45) is 6.18. The highest BCUT2D eigenvalue weighted by Crippen LogP contribution is 2.23. The molecule has 11 heteroatoms. The number of nitrogens with zero attached hydrogens (tertiary/aromatic N) is 2. The van der Waals surface area contributed by atoms with E-state index in [0.717, 1.165) is 64.8 Å². The van der Waals surface area contributed by atoms with Gasteiger partial charge in [0.25, 0.3) is 0 Å². The molecule has 2 amide bonds. The van der Waals surface area contributed by atoms with Crippen LogP contribution in [0.25, 0.3) is 0 Å². The van der Waals surface area contributed by atoms with Gasteiger partial charge in [-0.25, -0.2) is 17.2 Å². The first-order valence-corrected chi connectivity index (χ1v) is 15.4. The van der Waals surface area contributed by atoms with Gasteiger partial charge in [0, 0.05) is 36.1 Å². The van der Waals surface area contributed by atoms with Gasteiger partial charge in [-0.15, -0.1) is 0 Å². The average molecular weight is 615 g/mol. The van der Waals surface area contributed by atoms with Crippen LogP contribution in [-0.4, -0.2) is 50.0 Å². The lowest BCUT2D eigenvalue weighted by Gasteiger charge is -2.31. The number of rotatable bonds is 11. The number of carbonyl (C=O) groups is 2. The summed E-state index contributed by atoms with van der Waals surface area (Å²) in [6.45, 7) is 1.79. The molecule has 3 rings (SSSR count). The van der Waals surface area contributed by atoms with Crippen LogP contribution >= 0.6 is 15.9 Å². The zero-order valence-electron chi connectivity index (χ0n) is 21.6. The zero-order chi connectivity index (χ0) is 27.9. The molecule has 0 aromatic heterocycles. The molecule has 0 spiro atoms. The molecule has 1 fully saturated rings. The van der Waals surface area contributed by atoms with Gasteiger partial charge >= 0.3 is 0 Å². The largest absolute Gasteiger partial charge is 0.352 e. The van der Waals surface area contributed by atoms with E-state index in [-0.39, 0.29) is 49.5 Å². The second-order valence-electron chi connectivity index (χ2n) is 9.71. The van der Waals surface area contributed by atoms with Crippen molar-refractivity contribution in [3.05, 3.63) is 64.1 Å². The van der Waals surface area contributed by atoms with E-state index >= 15 is 0 Å². The van der Waals surface area contributed by atoms with Gasteiger partial charge in [0.05, 0.1) is 11.9 Å². The zero-order valence-corrected chi connectivity index (χ0v) is 24.0. The summed E-state index contributed by atoms with van der Waals surface area (Å²) >= 11 is 3.43. The fraction of sp³-hybridized carbons (Fsp3) is 0.481. The van der Waals surface area contributed by atoms with Gasteiger partial charge in [-0.1, -0.05) is 47.3 Å². The van der Waals surface area contributed by atoms with Crippen LogP contribution < -0.4 is 9.62 Å². The van der Waals surface area contributed by atoms with Gasteiger partial charge in [-0.05, 0) is 56.0 Å². The van der Waals surface area contributed by atoms with Gasteiger partial charge in [0.1, 0.15) is 6.04 Å². The topological polar surface area (TPSA) is 86.8 Å². The number of hydrogen-bond donors (Lipinski definition) is 1. The van der Waals surface area contributed by atoms with Crippen LogP contribution in [0.1, 0.15) is 57.4 Å². The van der Waals surface area contributed by atoms with Crippen molar-refractivity contribution in [2.75, 3.05) is 17.1 Å². The molecule has 208 valence electrons. The molecule has 7 nitrogen and oxygen atoms in total. The average Bonchev–Trinajstić information content (AvgIpc) is 2.86. The minimum absolute atomic E-state index is 0.0231. The van der Waals surface area contributed by atoms with Crippen LogP contribution in [-0.2, 0) is 26.2 Å². The number of sulfonamides is 1. The number of carbonyl (C=O) groups excluding carboxylic acids is 2. The lowest BCUT2D eigenvalue weighted by Crippen LogP contribution is -2.50. The molecular formula is C27H34BrF2N3O4S. The number of anilines is 1. The number of benzene rings is 2. The highest BCUT2D eigenvalue weighted by molar-refractivity contribution is 9.10. The summed E-state index contributed by atoms with van der Waals surface area (Å²) in [4.78, 5) is 28.0. The summed E-state index contributed by atoms with van der Waals surface area (Å²) in [6, 6.07) is 9.68. The maximum Gasteiger partial charge on any atom is 0.242 e. The van der Waals surface area contributed by atoms with Crippen molar-refractivity contribution in [1.29, 1.82) is 0 Å². The predicted molar refractivity (Wildman–Crippen MR) is 147 cm³/mol. The summed E-state index contributed by atoms with van der Waals surface area (Å²) in [7, 11) is -3.82. The molecule has 1 aliphatic rings. The van der Waals surface area contributed by atoms with Crippen molar-refractivity contribution >= 4 is 43.5 Å². The Hall–Kier alpha value is -2.53. The second-order valence-corrected chi connectivity index (χ2v) is 12.5. The molecule has 1 atom stereocenters. The maximum absolute atomic E-state index is 13.8. The SMILES string of the molecule is C[C@@H](C(=O)NC1CCCCC1)N(Cc1cccc(Br)c1)C(=O)CCCN(c1ccc(F)c(F)c1)S(C)(=O)=O. The minimum atomic E-state index is -3.82. The molecule has 0 unspecified atom stereocenters. The van der Waals surface area contributed by atoms with Gasteiger partial charge in [0.2, 0.25) is 21.8 Å². The van der Waals surface area contributed by atoms with E-state index in [4.69, 9.17) is 0 Å². The van der Waals surface area contributed by atoms with E-state index in [1.807, 2.05) is 24.3 Å². The van der Waals surface area contributed by atoms with Crippen molar-refractivity contribution in [1.82, 2.24) is 10.2 Å². The quantitative estimate of drug-likeness (QED) is 0.380. The molecule has 2 aromatic rings. The van der Waals surface area contributed by atoms with Crippen molar-refractivity contribution in [3.63, 3.8) is 0 Å². The van der Waals surface area contributed by atoms with Crippen LogP contribution in [0.15, 0.2) is 46.9 Å². The van der Waals surface area contributed by atoms with Crippen LogP contribution in [0.3, 0.4) is 0 Å². The van der Waals surface area contributed by atoms with E-state index in [2.05, 4.69) is 21.2 Å². The van der Waals surface area contributed by atoms with Crippen LogP contribution in [0.4, 0.5) is 14.5 Å². The molecule has 1 aliphatic carbocycles. The third kappa shape index (κ3) is 8.49. The Balaban J connectivity index is 1.72. The smallest absolute Gasteiger partial charge is 0.242 e. The highest BCUT2D eigenvalue weighted by Gasteiger charge is 2.28. The Kier molecular flexibility index (Phi) is 10.7. The third-order valence-electron chi connectivity index (χ3n) is 6.70. The molecule has 38 heavy (non-hydrogen) atoms. The minimum Gasteiger partial charge on any atom is -0.352 e. The third-order valence-corrected chi connectivity index (χ3v) is 8.39. The Labute approximate surface area is 231 Å². The van der Waals surface area contributed by atoms with Crippen LogP contribution in [0, 0.1) is 11.6 Å². The van der Waals surface area contributed by atoms with Crippen molar-refractivity contribution < 1.29 is 26.8 Å². The Morgan fingerprint density at radius 3 is 2.42 bits per heavy atom. The molecule has 1 saturated carbocycles. The Bertz CT molecular complexity index is 1240. The molecule has 2 aromatic carbocycles. The van der Waals surface area contributed by atoms with E-state index in [1.54, 1.807) is 6.92 Å². The summed E-state index contributed by atoms with van der Waals surface area (Å²) in [5, 5.41) is 3.08. The normalized spacial score (nSPS) is 15.1.